The summed E-state index contributed by atoms with van der Waals surface area (Å²) >= 11 is 0. The van der Waals surface area contributed by atoms with Crippen LogP contribution in [0.3, 0.4) is 0 Å². The van der Waals surface area contributed by atoms with E-state index in [1.54, 1.807) is 6.42 Å². The summed E-state index contributed by atoms with van der Waals surface area (Å²) < 4.78 is 0. The van der Waals surface area contributed by atoms with Crippen LogP contribution in [0.2, 0.25) is 0 Å². The summed E-state index contributed by atoms with van der Waals surface area (Å²) in [7, 11) is 0. The van der Waals surface area contributed by atoms with Gasteiger partial charge >= 0.3 is 0 Å². The molecule has 0 amide bonds. The summed E-state index contributed by atoms with van der Waals surface area (Å²) in [5, 5.41) is 0. The summed E-state index contributed by atoms with van der Waals surface area (Å²) in [6.45, 7) is 7.60. The maximum absolute atomic E-state index is 6.60. The van der Waals surface area contributed by atoms with Crippen molar-refractivity contribution in [2.24, 2.45) is 46.2 Å². The topological polar surface area (TPSA) is 26.0 Å². The molecule has 8 atom stereocenters. The van der Waals surface area contributed by atoms with Crippen LogP contribution in [0.4, 0.5) is 0 Å². The predicted octanol–water partition coefficient (Wildman–Crippen LogP) is 6.94. The number of fused-ring (bicyclic) bond motifs is 5. The Morgan fingerprint density at radius 3 is 2.38 bits per heavy atom. The van der Waals surface area contributed by atoms with E-state index in [0.29, 0.717) is 16.9 Å². The molecule has 1 heteroatoms. The van der Waals surface area contributed by atoms with E-state index in [9.17, 15) is 0 Å². The Labute approximate surface area is 163 Å². The molecule has 0 spiro atoms. The molecule has 4 fully saturated rings. The lowest BCUT2D eigenvalue weighted by molar-refractivity contribution is -0.113. The molecule has 0 aromatic carbocycles. The maximum atomic E-state index is 6.60. The Hall–Kier alpha value is -0.0400. The van der Waals surface area contributed by atoms with Crippen molar-refractivity contribution in [2.45, 2.75) is 117 Å². The van der Waals surface area contributed by atoms with Gasteiger partial charge in [-0.3, -0.25) is 0 Å². The van der Waals surface area contributed by atoms with Gasteiger partial charge in [0.1, 0.15) is 0 Å². The number of nitrogens with two attached hydrogens (primary N) is 1. The molecule has 4 saturated carbocycles. The molecular formula is C25H45N. The standard InChI is InChI=1S/C25H45N/c1-4-5-6-7-8-18-13-15-24(2)19(17-18)9-10-20-21-11-12-23(26)25(21,3)16-14-22(20)24/h18-23H,4-17,26H2,1-3H3/t18-,19?,20?,21?,22?,23-,24-,25-/m0/s1. The second kappa shape index (κ2) is 7.41. The quantitative estimate of drug-likeness (QED) is 0.528. The van der Waals surface area contributed by atoms with Gasteiger partial charge in [-0.25, -0.2) is 0 Å². The number of unbranched alkanes of at least 4 members (excludes halogenated alkanes) is 3. The maximum Gasteiger partial charge on any atom is 0.00957 e. The van der Waals surface area contributed by atoms with Crippen molar-refractivity contribution in [2.75, 3.05) is 0 Å². The summed E-state index contributed by atoms with van der Waals surface area (Å²) in [5.41, 5.74) is 7.73. The molecule has 4 aliphatic rings. The van der Waals surface area contributed by atoms with Crippen LogP contribution in [-0.4, -0.2) is 6.04 Å². The molecule has 0 aromatic rings. The van der Waals surface area contributed by atoms with Crippen LogP contribution in [0.15, 0.2) is 0 Å². The summed E-state index contributed by atoms with van der Waals surface area (Å²) in [4.78, 5) is 0. The van der Waals surface area contributed by atoms with Crippen molar-refractivity contribution in [3.8, 4) is 0 Å². The van der Waals surface area contributed by atoms with Crippen LogP contribution in [0.1, 0.15) is 111 Å². The van der Waals surface area contributed by atoms with E-state index in [1.807, 2.05) is 0 Å². The van der Waals surface area contributed by atoms with Crippen LogP contribution < -0.4 is 5.73 Å². The minimum Gasteiger partial charge on any atom is -0.327 e. The van der Waals surface area contributed by atoms with Gasteiger partial charge in [0.05, 0.1) is 0 Å². The molecule has 0 aliphatic heterocycles. The molecule has 26 heavy (non-hydrogen) atoms. The Kier molecular flexibility index (Phi) is 5.50. The molecular weight excluding hydrogens is 314 g/mol. The minimum absolute atomic E-state index is 0.473. The zero-order valence-electron chi connectivity index (χ0n) is 17.9. The third-order valence-corrected chi connectivity index (χ3v) is 10.3. The van der Waals surface area contributed by atoms with Crippen molar-refractivity contribution in [1.29, 1.82) is 0 Å². The fourth-order valence-electron chi connectivity index (χ4n) is 8.51. The van der Waals surface area contributed by atoms with Crippen LogP contribution in [0.25, 0.3) is 0 Å². The van der Waals surface area contributed by atoms with Gasteiger partial charge in [-0.2, -0.15) is 0 Å². The number of rotatable bonds is 5. The first-order chi connectivity index (χ1) is 12.5. The average Bonchev–Trinajstić information content (AvgIpc) is 2.94. The lowest BCUT2D eigenvalue weighted by Gasteiger charge is -2.61. The Morgan fingerprint density at radius 1 is 0.808 bits per heavy atom. The van der Waals surface area contributed by atoms with Gasteiger partial charge in [-0.15, -0.1) is 0 Å². The average molecular weight is 360 g/mol. The molecule has 150 valence electrons. The second-order valence-electron chi connectivity index (χ2n) is 11.4. The molecule has 0 saturated heterocycles. The lowest BCUT2D eigenvalue weighted by Crippen LogP contribution is -2.54. The Bertz CT molecular complexity index is 487. The van der Waals surface area contributed by atoms with E-state index in [-0.39, 0.29) is 0 Å². The fraction of sp³-hybridized carbons (Fsp3) is 1.00. The molecule has 0 aromatic heterocycles. The van der Waals surface area contributed by atoms with E-state index in [1.165, 1.54) is 83.5 Å². The summed E-state index contributed by atoms with van der Waals surface area (Å²) in [6.07, 6.45) is 20.6. The molecule has 4 unspecified atom stereocenters. The molecule has 1 nitrogen and oxygen atoms in total. The molecule has 4 rings (SSSR count). The van der Waals surface area contributed by atoms with Crippen LogP contribution in [0, 0.1) is 40.4 Å². The van der Waals surface area contributed by atoms with Gasteiger partial charge in [-0.05, 0) is 98.2 Å². The normalized spacial score (nSPS) is 50.8. The molecule has 4 aliphatic carbocycles. The highest BCUT2D eigenvalue weighted by Crippen LogP contribution is 2.66. The van der Waals surface area contributed by atoms with Crippen molar-refractivity contribution in [1.82, 2.24) is 0 Å². The van der Waals surface area contributed by atoms with Crippen LogP contribution in [0.5, 0.6) is 0 Å². The van der Waals surface area contributed by atoms with E-state index in [2.05, 4.69) is 20.8 Å². The van der Waals surface area contributed by atoms with Crippen LogP contribution >= 0.6 is 0 Å². The fourth-order valence-corrected chi connectivity index (χ4v) is 8.51. The Balaban J connectivity index is 1.41. The molecule has 0 radical (unpaired) electrons. The first kappa shape index (κ1) is 19.3. The summed E-state index contributed by atoms with van der Waals surface area (Å²) in [5.74, 6) is 5.06. The SMILES string of the molecule is CCCCCC[C@H]1CC[C@@]2(C)C(CCC3C2CC[C@@]2(C)C3CC[C@@H]2N)C1. The van der Waals surface area contributed by atoms with E-state index < -0.39 is 0 Å². The molecule has 0 heterocycles. The first-order valence-electron chi connectivity index (χ1n) is 12.2. The zero-order chi connectivity index (χ0) is 18.4. The van der Waals surface area contributed by atoms with E-state index in [0.717, 1.165) is 29.6 Å². The largest absolute Gasteiger partial charge is 0.327 e. The monoisotopic (exact) mass is 359 g/mol. The van der Waals surface area contributed by atoms with Gasteiger partial charge < -0.3 is 5.73 Å². The Morgan fingerprint density at radius 2 is 1.58 bits per heavy atom. The van der Waals surface area contributed by atoms with Crippen molar-refractivity contribution in [3.63, 3.8) is 0 Å². The van der Waals surface area contributed by atoms with Crippen molar-refractivity contribution >= 4 is 0 Å². The van der Waals surface area contributed by atoms with E-state index in [4.69, 9.17) is 5.73 Å². The smallest absolute Gasteiger partial charge is 0.00957 e. The molecule has 0 bridgehead atoms. The third-order valence-electron chi connectivity index (χ3n) is 10.3. The highest BCUT2D eigenvalue weighted by Gasteiger charge is 2.59. The van der Waals surface area contributed by atoms with Gasteiger partial charge in [0.2, 0.25) is 0 Å². The predicted molar refractivity (Wildman–Crippen MR) is 112 cm³/mol. The summed E-state index contributed by atoms with van der Waals surface area (Å²) in [6, 6.07) is 0.484. The third kappa shape index (κ3) is 3.09. The van der Waals surface area contributed by atoms with Crippen molar-refractivity contribution in [3.05, 3.63) is 0 Å². The highest BCUT2D eigenvalue weighted by molar-refractivity contribution is 5.10. The van der Waals surface area contributed by atoms with Gasteiger partial charge in [0, 0.05) is 6.04 Å². The van der Waals surface area contributed by atoms with Gasteiger partial charge in [0.25, 0.3) is 0 Å². The highest BCUT2D eigenvalue weighted by atomic mass is 14.8. The zero-order valence-corrected chi connectivity index (χ0v) is 17.9. The molecule has 2 N–H and O–H groups in total. The van der Waals surface area contributed by atoms with Gasteiger partial charge in [0.15, 0.2) is 0 Å². The van der Waals surface area contributed by atoms with Crippen LogP contribution in [-0.2, 0) is 0 Å². The number of hydrogen-bond donors (Lipinski definition) is 1. The second-order valence-corrected chi connectivity index (χ2v) is 11.4. The minimum atomic E-state index is 0.473. The lowest BCUT2D eigenvalue weighted by atomic mass is 9.44. The first-order valence-corrected chi connectivity index (χ1v) is 12.2. The van der Waals surface area contributed by atoms with Crippen molar-refractivity contribution < 1.29 is 0 Å². The van der Waals surface area contributed by atoms with E-state index >= 15 is 0 Å². The number of hydrogen-bond acceptors (Lipinski definition) is 1. The van der Waals surface area contributed by atoms with Gasteiger partial charge in [-0.1, -0.05) is 52.9 Å².